The number of fused-ring (bicyclic) bond motifs is 2. The number of nitrogens with one attached hydrogen (secondary N) is 3. The number of anilines is 1. The summed E-state index contributed by atoms with van der Waals surface area (Å²) in [6.07, 6.45) is 3.47. The number of hydrogen-bond donors (Lipinski definition) is 3. The third-order valence-electron chi connectivity index (χ3n) is 5.96. The van der Waals surface area contributed by atoms with E-state index in [9.17, 15) is 9.18 Å². The Labute approximate surface area is 215 Å². The number of rotatable bonds is 6. The summed E-state index contributed by atoms with van der Waals surface area (Å²) in [5.74, 6) is -0.0827. The Morgan fingerprint density at radius 1 is 1.03 bits per heavy atom. The second-order valence-electron chi connectivity index (χ2n) is 8.96. The lowest BCUT2D eigenvalue weighted by Crippen LogP contribution is -2.27. The van der Waals surface area contributed by atoms with Gasteiger partial charge in [-0.2, -0.15) is 9.49 Å². The van der Waals surface area contributed by atoms with Crippen molar-refractivity contribution < 1.29 is 9.18 Å². The van der Waals surface area contributed by atoms with Crippen LogP contribution in [0, 0.1) is 5.13 Å². The minimum Gasteiger partial charge on any atom is -0.353 e. The number of nitrogens with zero attached hydrogens (tertiary/aromatic N) is 4. The van der Waals surface area contributed by atoms with Crippen LogP contribution in [-0.2, 0) is 4.79 Å². The van der Waals surface area contributed by atoms with Crippen molar-refractivity contribution in [1.82, 2.24) is 30.0 Å². The first kappa shape index (κ1) is 23.0. The van der Waals surface area contributed by atoms with Crippen molar-refractivity contribution in [2.75, 3.05) is 26.0 Å². The Kier molecular flexibility index (Phi) is 5.74. The number of amides is 1. The van der Waals surface area contributed by atoms with Gasteiger partial charge in [0.15, 0.2) is 5.13 Å². The molecule has 0 saturated heterocycles. The number of thiophene rings is 1. The van der Waals surface area contributed by atoms with E-state index in [2.05, 4.69) is 30.5 Å². The van der Waals surface area contributed by atoms with E-state index < -0.39 is 0 Å². The second kappa shape index (κ2) is 9.23. The van der Waals surface area contributed by atoms with Gasteiger partial charge >= 0.3 is 0 Å². The predicted octanol–water partition coefficient (Wildman–Crippen LogP) is 5.54. The highest BCUT2D eigenvalue weighted by molar-refractivity contribution is 7.13. The molecule has 8 nitrogen and oxygen atoms in total. The number of aromatic amines is 2. The molecule has 0 bridgehead atoms. The van der Waals surface area contributed by atoms with E-state index in [1.165, 1.54) is 6.07 Å². The quantitative estimate of drug-likeness (QED) is 0.273. The summed E-state index contributed by atoms with van der Waals surface area (Å²) < 4.78 is 13.7. The molecule has 0 fully saturated rings. The van der Waals surface area contributed by atoms with Crippen LogP contribution in [0.4, 0.5) is 10.1 Å². The molecule has 184 valence electrons. The van der Waals surface area contributed by atoms with Gasteiger partial charge in [-0.25, -0.2) is 0 Å². The van der Waals surface area contributed by atoms with E-state index in [-0.39, 0.29) is 11.0 Å². The van der Waals surface area contributed by atoms with Crippen LogP contribution in [0.15, 0.2) is 67.0 Å². The summed E-state index contributed by atoms with van der Waals surface area (Å²) in [4.78, 5) is 27.3. The van der Waals surface area contributed by atoms with E-state index in [1.54, 1.807) is 18.5 Å². The molecular formula is C27H22FN7OS. The lowest BCUT2D eigenvalue weighted by atomic mass is 10.1. The summed E-state index contributed by atoms with van der Waals surface area (Å²) in [5.41, 5.74) is 6.31. The standard InChI is InChI=1S/C27H22FN7OS/c1-35(2)14-25(36)31-16-5-3-4-15(10-16)20-11-18-22(13-30-20)33-34-26(18)21-12-17-19(32-21)8-9-29-27(17)23-6-7-24(28)37-23/h3-13,32H,14H2,1-2H3,(H,31,36)(H,33,34). The largest absolute Gasteiger partial charge is 0.353 e. The van der Waals surface area contributed by atoms with Crippen molar-refractivity contribution >= 4 is 44.7 Å². The van der Waals surface area contributed by atoms with Crippen molar-refractivity contribution in [3.63, 3.8) is 0 Å². The highest BCUT2D eigenvalue weighted by Gasteiger charge is 2.16. The minimum atomic E-state index is -0.246. The SMILES string of the molecule is CN(C)CC(=O)Nc1cccc(-c2cc3c(-c4cc5c(-c6ccc(F)s6)nccc5[nH]4)n[nH]c3cn2)c1. The fourth-order valence-corrected chi connectivity index (χ4v) is 5.08. The van der Waals surface area contributed by atoms with Crippen molar-refractivity contribution in [2.45, 2.75) is 0 Å². The Morgan fingerprint density at radius 3 is 2.70 bits per heavy atom. The molecule has 6 rings (SSSR count). The van der Waals surface area contributed by atoms with Crippen molar-refractivity contribution in [3.05, 3.63) is 72.1 Å². The highest BCUT2D eigenvalue weighted by atomic mass is 32.1. The number of halogens is 1. The third kappa shape index (κ3) is 4.48. The van der Waals surface area contributed by atoms with Crippen LogP contribution in [0.3, 0.4) is 0 Å². The van der Waals surface area contributed by atoms with Crippen LogP contribution in [0.25, 0.3) is 55.0 Å². The molecule has 0 atom stereocenters. The third-order valence-corrected chi connectivity index (χ3v) is 6.84. The number of pyridine rings is 2. The Balaban J connectivity index is 1.38. The molecule has 0 radical (unpaired) electrons. The van der Waals surface area contributed by atoms with Crippen molar-refractivity contribution in [3.8, 4) is 33.2 Å². The average molecular weight is 512 g/mol. The number of H-pyrrole nitrogens is 2. The first-order valence-electron chi connectivity index (χ1n) is 11.6. The monoisotopic (exact) mass is 511 g/mol. The van der Waals surface area contributed by atoms with Gasteiger partial charge in [-0.15, -0.1) is 11.3 Å². The van der Waals surface area contributed by atoms with Gasteiger partial charge in [0.2, 0.25) is 5.91 Å². The first-order chi connectivity index (χ1) is 17.9. The van der Waals surface area contributed by atoms with Crippen LogP contribution >= 0.6 is 11.3 Å². The van der Waals surface area contributed by atoms with Crippen LogP contribution in [0.2, 0.25) is 0 Å². The van der Waals surface area contributed by atoms with E-state index in [4.69, 9.17) is 0 Å². The number of aromatic nitrogens is 5. The molecule has 0 aliphatic rings. The van der Waals surface area contributed by atoms with Gasteiger partial charge < -0.3 is 15.2 Å². The van der Waals surface area contributed by atoms with Gasteiger partial charge in [-0.05, 0) is 56.6 Å². The van der Waals surface area contributed by atoms with Crippen LogP contribution < -0.4 is 5.32 Å². The summed E-state index contributed by atoms with van der Waals surface area (Å²) in [7, 11) is 3.70. The number of carbonyl (C=O) groups excluding carboxylic acids is 1. The zero-order valence-corrected chi connectivity index (χ0v) is 20.9. The molecule has 0 spiro atoms. The fourth-order valence-electron chi connectivity index (χ4n) is 4.34. The van der Waals surface area contributed by atoms with Crippen LogP contribution in [0.5, 0.6) is 0 Å². The summed E-state index contributed by atoms with van der Waals surface area (Å²) in [6, 6.07) is 16.7. The molecule has 1 aromatic carbocycles. The van der Waals surface area contributed by atoms with Crippen LogP contribution in [-0.4, -0.2) is 56.6 Å². The van der Waals surface area contributed by atoms with Crippen molar-refractivity contribution in [2.24, 2.45) is 0 Å². The first-order valence-corrected chi connectivity index (χ1v) is 12.4. The molecule has 5 aromatic heterocycles. The number of hydrogen-bond acceptors (Lipinski definition) is 6. The molecule has 0 aliphatic carbocycles. The lowest BCUT2D eigenvalue weighted by molar-refractivity contribution is -0.116. The maximum Gasteiger partial charge on any atom is 0.238 e. The van der Waals surface area contributed by atoms with E-state index in [1.807, 2.05) is 61.5 Å². The molecule has 37 heavy (non-hydrogen) atoms. The number of carbonyl (C=O) groups is 1. The molecule has 0 unspecified atom stereocenters. The normalized spacial score (nSPS) is 11.6. The zero-order valence-electron chi connectivity index (χ0n) is 20.0. The fraction of sp³-hybridized carbons (Fsp3) is 0.111. The summed E-state index contributed by atoms with van der Waals surface area (Å²) in [6.45, 7) is 0.302. The molecular weight excluding hydrogens is 489 g/mol. The van der Waals surface area contributed by atoms with Gasteiger partial charge in [0.1, 0.15) is 5.69 Å². The Bertz CT molecular complexity index is 1770. The molecule has 6 aromatic rings. The zero-order chi connectivity index (χ0) is 25.5. The number of likely N-dealkylation sites (N-methyl/N-ethyl adjacent to an activating group) is 1. The molecule has 10 heteroatoms. The smallest absolute Gasteiger partial charge is 0.238 e. The Morgan fingerprint density at radius 2 is 1.89 bits per heavy atom. The molecule has 1 amide bonds. The van der Waals surface area contributed by atoms with Gasteiger partial charge in [0, 0.05) is 33.7 Å². The molecule has 5 heterocycles. The Hall–Kier alpha value is -4.41. The number of benzene rings is 1. The summed E-state index contributed by atoms with van der Waals surface area (Å²) >= 11 is 1.07. The maximum absolute atomic E-state index is 13.7. The van der Waals surface area contributed by atoms with Gasteiger partial charge in [-0.1, -0.05) is 12.1 Å². The molecule has 3 N–H and O–H groups in total. The van der Waals surface area contributed by atoms with Gasteiger partial charge in [0.05, 0.1) is 40.2 Å². The predicted molar refractivity (Wildman–Crippen MR) is 145 cm³/mol. The van der Waals surface area contributed by atoms with E-state index in [0.29, 0.717) is 12.2 Å². The van der Waals surface area contributed by atoms with Crippen LogP contribution in [0.1, 0.15) is 0 Å². The topological polar surface area (TPSA) is 103 Å². The molecule has 0 aliphatic heterocycles. The van der Waals surface area contributed by atoms with Crippen molar-refractivity contribution in [1.29, 1.82) is 0 Å². The minimum absolute atomic E-state index is 0.0827. The highest BCUT2D eigenvalue weighted by Crippen LogP contribution is 2.35. The van der Waals surface area contributed by atoms with E-state index >= 15 is 0 Å². The lowest BCUT2D eigenvalue weighted by Gasteiger charge is -2.11. The summed E-state index contributed by atoms with van der Waals surface area (Å²) in [5, 5.41) is 12.1. The molecule has 0 saturated carbocycles. The van der Waals surface area contributed by atoms with Gasteiger partial charge in [0.25, 0.3) is 0 Å². The van der Waals surface area contributed by atoms with Gasteiger partial charge in [-0.3, -0.25) is 19.9 Å². The average Bonchev–Trinajstić information content (AvgIpc) is 3.60. The van der Waals surface area contributed by atoms with E-state index in [0.717, 1.165) is 66.4 Å². The maximum atomic E-state index is 13.7. The second-order valence-corrected chi connectivity index (χ2v) is 10.00.